The van der Waals surface area contributed by atoms with Crippen molar-refractivity contribution in [1.82, 2.24) is 9.97 Å². The van der Waals surface area contributed by atoms with Crippen molar-refractivity contribution in [3.63, 3.8) is 0 Å². The number of unbranched alkanes of at least 4 members (excludes halogenated alkanes) is 2. The molecule has 1 aromatic carbocycles. The number of aryl methyl sites for hydroxylation is 1. The number of carbonyl (C=O) groups is 1. The Kier molecular flexibility index (Phi) is 6.73. The molecule has 0 saturated heterocycles. The fourth-order valence-electron chi connectivity index (χ4n) is 2.52. The zero-order valence-corrected chi connectivity index (χ0v) is 14.7. The number of amides is 1. The Bertz CT molecular complexity index is 672. The molecule has 5 nitrogen and oxygen atoms in total. The lowest BCUT2D eigenvalue weighted by atomic mass is 10.2. The van der Waals surface area contributed by atoms with Crippen LogP contribution >= 0.6 is 0 Å². The Morgan fingerprint density at radius 3 is 2.75 bits per heavy atom. The molecule has 0 unspecified atom stereocenters. The van der Waals surface area contributed by atoms with Crippen LogP contribution in [0.25, 0.3) is 0 Å². The number of hydrogen-bond donors (Lipinski definition) is 1. The number of benzene rings is 1. The van der Waals surface area contributed by atoms with Crippen LogP contribution in [-0.2, 0) is 0 Å². The van der Waals surface area contributed by atoms with Crippen molar-refractivity contribution in [2.75, 3.05) is 23.3 Å². The van der Waals surface area contributed by atoms with Crippen LogP contribution in [0.3, 0.4) is 0 Å². The summed E-state index contributed by atoms with van der Waals surface area (Å²) in [6, 6.07) is 9.59. The Labute approximate surface area is 144 Å². The van der Waals surface area contributed by atoms with E-state index in [2.05, 4.69) is 22.2 Å². The normalized spacial score (nSPS) is 10.5. The molecule has 2 rings (SSSR count). The monoisotopic (exact) mass is 326 g/mol. The molecule has 0 fully saturated rings. The fourth-order valence-corrected chi connectivity index (χ4v) is 2.52. The molecule has 1 N–H and O–H groups in total. The lowest BCUT2D eigenvalue weighted by molar-refractivity contribution is 0.0983. The highest BCUT2D eigenvalue weighted by molar-refractivity contribution is 6.04. The quantitative estimate of drug-likeness (QED) is 0.743. The van der Waals surface area contributed by atoms with E-state index in [9.17, 15) is 4.79 Å². The third kappa shape index (κ3) is 4.78. The highest BCUT2D eigenvalue weighted by atomic mass is 16.2. The SMILES string of the molecule is CCCCCNc1nccc(C(=O)N(CC)c2cccc(C)c2)n1. The van der Waals surface area contributed by atoms with Crippen molar-refractivity contribution in [3.05, 3.63) is 47.8 Å². The van der Waals surface area contributed by atoms with Gasteiger partial charge >= 0.3 is 0 Å². The second-order valence-electron chi connectivity index (χ2n) is 5.79. The van der Waals surface area contributed by atoms with Crippen LogP contribution in [-0.4, -0.2) is 29.0 Å². The van der Waals surface area contributed by atoms with Crippen molar-refractivity contribution in [2.45, 2.75) is 40.0 Å². The number of nitrogens with zero attached hydrogens (tertiary/aromatic N) is 3. The second kappa shape index (κ2) is 9.01. The van der Waals surface area contributed by atoms with Crippen LogP contribution in [0.5, 0.6) is 0 Å². The van der Waals surface area contributed by atoms with Crippen LogP contribution < -0.4 is 10.2 Å². The molecule has 128 valence electrons. The minimum atomic E-state index is -0.109. The van der Waals surface area contributed by atoms with E-state index >= 15 is 0 Å². The number of aromatic nitrogens is 2. The third-order valence-electron chi connectivity index (χ3n) is 3.81. The molecule has 0 bridgehead atoms. The predicted octanol–water partition coefficient (Wildman–Crippen LogP) is 4.05. The summed E-state index contributed by atoms with van der Waals surface area (Å²) < 4.78 is 0. The molecule has 0 spiro atoms. The van der Waals surface area contributed by atoms with Gasteiger partial charge in [-0.3, -0.25) is 4.79 Å². The molecule has 2 aromatic rings. The maximum Gasteiger partial charge on any atom is 0.277 e. The summed E-state index contributed by atoms with van der Waals surface area (Å²) in [5.74, 6) is 0.402. The van der Waals surface area contributed by atoms with E-state index in [1.807, 2.05) is 38.1 Å². The van der Waals surface area contributed by atoms with Gasteiger partial charge in [0.1, 0.15) is 5.69 Å². The summed E-state index contributed by atoms with van der Waals surface area (Å²) in [5, 5.41) is 3.19. The molecule has 1 aromatic heterocycles. The second-order valence-corrected chi connectivity index (χ2v) is 5.79. The Morgan fingerprint density at radius 2 is 2.04 bits per heavy atom. The zero-order chi connectivity index (χ0) is 17.4. The van der Waals surface area contributed by atoms with E-state index in [0.717, 1.165) is 24.2 Å². The van der Waals surface area contributed by atoms with Gasteiger partial charge in [0, 0.05) is 25.0 Å². The van der Waals surface area contributed by atoms with E-state index < -0.39 is 0 Å². The van der Waals surface area contributed by atoms with Gasteiger partial charge in [-0.25, -0.2) is 9.97 Å². The van der Waals surface area contributed by atoms with Crippen LogP contribution in [0.2, 0.25) is 0 Å². The zero-order valence-electron chi connectivity index (χ0n) is 14.7. The summed E-state index contributed by atoms with van der Waals surface area (Å²) in [7, 11) is 0. The van der Waals surface area contributed by atoms with Gasteiger partial charge in [0.25, 0.3) is 5.91 Å². The molecule has 0 atom stereocenters. The smallest absolute Gasteiger partial charge is 0.277 e. The number of nitrogens with one attached hydrogen (secondary N) is 1. The number of anilines is 2. The number of carbonyl (C=O) groups excluding carboxylic acids is 1. The summed E-state index contributed by atoms with van der Waals surface area (Å²) >= 11 is 0. The van der Waals surface area contributed by atoms with Crippen LogP contribution in [0.4, 0.5) is 11.6 Å². The Balaban J connectivity index is 2.12. The summed E-state index contributed by atoms with van der Waals surface area (Å²) in [5.41, 5.74) is 2.42. The highest BCUT2D eigenvalue weighted by Crippen LogP contribution is 2.18. The van der Waals surface area contributed by atoms with E-state index in [1.54, 1.807) is 17.2 Å². The molecule has 1 heterocycles. The number of rotatable bonds is 8. The summed E-state index contributed by atoms with van der Waals surface area (Å²) in [4.78, 5) is 23.1. The molecule has 5 heteroatoms. The van der Waals surface area contributed by atoms with Gasteiger partial charge in [0.15, 0.2) is 0 Å². The van der Waals surface area contributed by atoms with Gasteiger partial charge in [0.05, 0.1) is 0 Å². The van der Waals surface area contributed by atoms with Gasteiger partial charge in [-0.1, -0.05) is 31.9 Å². The highest BCUT2D eigenvalue weighted by Gasteiger charge is 2.18. The van der Waals surface area contributed by atoms with Gasteiger partial charge in [0.2, 0.25) is 5.95 Å². The third-order valence-corrected chi connectivity index (χ3v) is 3.81. The molecule has 0 saturated carbocycles. The summed E-state index contributed by atoms with van der Waals surface area (Å²) in [6.45, 7) is 7.56. The molecule has 0 aliphatic rings. The van der Waals surface area contributed by atoms with Gasteiger partial charge in [-0.2, -0.15) is 0 Å². The van der Waals surface area contributed by atoms with E-state index in [1.165, 1.54) is 12.8 Å². The summed E-state index contributed by atoms with van der Waals surface area (Å²) in [6.07, 6.45) is 5.04. The molecule has 0 radical (unpaired) electrons. The lowest BCUT2D eigenvalue weighted by Crippen LogP contribution is -2.31. The van der Waals surface area contributed by atoms with Crippen molar-refractivity contribution in [2.24, 2.45) is 0 Å². The predicted molar refractivity (Wildman–Crippen MR) is 98.6 cm³/mol. The van der Waals surface area contributed by atoms with Gasteiger partial charge < -0.3 is 10.2 Å². The van der Waals surface area contributed by atoms with Crippen LogP contribution in [0.15, 0.2) is 36.5 Å². The van der Waals surface area contributed by atoms with Crippen molar-refractivity contribution >= 4 is 17.5 Å². The molecule has 1 amide bonds. The fraction of sp³-hybridized carbons (Fsp3) is 0.421. The largest absolute Gasteiger partial charge is 0.354 e. The maximum absolute atomic E-state index is 12.8. The average Bonchev–Trinajstić information content (AvgIpc) is 2.60. The first kappa shape index (κ1) is 17.9. The molecular weight excluding hydrogens is 300 g/mol. The van der Waals surface area contributed by atoms with Gasteiger partial charge in [-0.05, 0) is 44.0 Å². The Hall–Kier alpha value is -2.43. The molecule has 0 aliphatic carbocycles. The first-order valence-corrected chi connectivity index (χ1v) is 8.61. The maximum atomic E-state index is 12.8. The van der Waals surface area contributed by atoms with Crippen LogP contribution in [0, 0.1) is 6.92 Å². The topological polar surface area (TPSA) is 58.1 Å². The molecule has 24 heavy (non-hydrogen) atoms. The first-order chi connectivity index (χ1) is 11.7. The van der Waals surface area contributed by atoms with Crippen molar-refractivity contribution < 1.29 is 4.79 Å². The standard InChI is InChI=1S/C19H26N4O/c1-4-6-7-12-20-19-21-13-11-17(22-19)18(24)23(5-2)16-10-8-9-15(3)14-16/h8-11,13-14H,4-7,12H2,1-3H3,(H,20,21,22). The van der Waals surface area contributed by atoms with Crippen molar-refractivity contribution in [3.8, 4) is 0 Å². The minimum Gasteiger partial charge on any atom is -0.354 e. The minimum absolute atomic E-state index is 0.109. The lowest BCUT2D eigenvalue weighted by Gasteiger charge is -2.21. The first-order valence-electron chi connectivity index (χ1n) is 8.61. The number of hydrogen-bond acceptors (Lipinski definition) is 4. The average molecular weight is 326 g/mol. The Morgan fingerprint density at radius 1 is 1.21 bits per heavy atom. The molecule has 0 aliphatic heterocycles. The van der Waals surface area contributed by atoms with Gasteiger partial charge in [-0.15, -0.1) is 0 Å². The van der Waals surface area contributed by atoms with E-state index in [4.69, 9.17) is 0 Å². The van der Waals surface area contributed by atoms with E-state index in [-0.39, 0.29) is 5.91 Å². The van der Waals surface area contributed by atoms with E-state index in [0.29, 0.717) is 18.2 Å². The molecular formula is C19H26N4O. The van der Waals surface area contributed by atoms with Crippen molar-refractivity contribution in [1.29, 1.82) is 0 Å². The van der Waals surface area contributed by atoms with Crippen LogP contribution in [0.1, 0.15) is 49.2 Å².